The molecule has 174 valence electrons. The summed E-state index contributed by atoms with van der Waals surface area (Å²) in [5.41, 5.74) is 5.12. The van der Waals surface area contributed by atoms with Gasteiger partial charge in [0.15, 0.2) is 5.65 Å². The van der Waals surface area contributed by atoms with E-state index in [2.05, 4.69) is 5.32 Å². The van der Waals surface area contributed by atoms with Gasteiger partial charge in [-0.25, -0.2) is 9.50 Å². The third-order valence-electron chi connectivity index (χ3n) is 5.72. The molecule has 7 heteroatoms. The Morgan fingerprint density at radius 3 is 2.46 bits per heavy atom. The number of methoxy groups -OCH3 is 1. The summed E-state index contributed by atoms with van der Waals surface area (Å²) < 4.78 is 7.12. The van der Waals surface area contributed by atoms with Gasteiger partial charge in [0.1, 0.15) is 11.4 Å². The van der Waals surface area contributed by atoms with E-state index in [9.17, 15) is 4.79 Å². The maximum Gasteiger partial charge on any atom is 0.270 e. The zero-order valence-corrected chi connectivity index (χ0v) is 19.9. The summed E-state index contributed by atoms with van der Waals surface area (Å²) in [6, 6.07) is 28.7. The molecule has 0 aliphatic rings. The average Bonchev–Trinajstić information content (AvgIpc) is 3.33. The molecule has 1 amide bonds. The molecule has 6 nitrogen and oxygen atoms in total. The number of carbonyl (C=O) groups excluding carboxylic acids is 1. The number of nitrogens with one attached hydrogen (secondary N) is 1. The quantitative estimate of drug-likeness (QED) is 0.323. The summed E-state index contributed by atoms with van der Waals surface area (Å²) in [6.07, 6.45) is 0.731. The van der Waals surface area contributed by atoms with Gasteiger partial charge in [0, 0.05) is 28.8 Å². The first-order chi connectivity index (χ1) is 17.1. The van der Waals surface area contributed by atoms with Gasteiger partial charge in [-0.05, 0) is 42.3 Å². The lowest BCUT2D eigenvalue weighted by atomic mass is 10.1. The maximum atomic E-state index is 13.3. The fraction of sp³-hybridized carbons (Fsp3) is 0.107. The Morgan fingerprint density at radius 1 is 0.943 bits per heavy atom. The molecule has 0 bridgehead atoms. The topological polar surface area (TPSA) is 68.5 Å². The van der Waals surface area contributed by atoms with Crippen LogP contribution in [-0.4, -0.2) is 34.2 Å². The lowest BCUT2D eigenvalue weighted by Gasteiger charge is -2.11. The number of carbonyl (C=O) groups is 1. The molecular formula is C28H23ClN4O2. The maximum absolute atomic E-state index is 13.3. The molecule has 5 aromatic rings. The van der Waals surface area contributed by atoms with E-state index in [1.54, 1.807) is 17.7 Å². The number of amides is 1. The third kappa shape index (κ3) is 4.88. The van der Waals surface area contributed by atoms with E-state index in [0.717, 1.165) is 23.1 Å². The Labute approximate surface area is 208 Å². The van der Waals surface area contributed by atoms with E-state index >= 15 is 0 Å². The van der Waals surface area contributed by atoms with Crippen molar-refractivity contribution in [3.05, 3.63) is 107 Å². The summed E-state index contributed by atoms with van der Waals surface area (Å²) >= 11 is 6.05. The van der Waals surface area contributed by atoms with Crippen molar-refractivity contribution in [3.63, 3.8) is 0 Å². The molecule has 0 saturated carbocycles. The van der Waals surface area contributed by atoms with Crippen LogP contribution < -0.4 is 10.1 Å². The largest absolute Gasteiger partial charge is 0.496 e. The van der Waals surface area contributed by atoms with Crippen LogP contribution in [0.15, 0.2) is 91.0 Å². The van der Waals surface area contributed by atoms with Crippen molar-refractivity contribution in [2.75, 3.05) is 13.7 Å². The molecule has 0 spiro atoms. The predicted molar refractivity (Wildman–Crippen MR) is 138 cm³/mol. The van der Waals surface area contributed by atoms with Crippen LogP contribution >= 0.6 is 11.6 Å². The van der Waals surface area contributed by atoms with Gasteiger partial charge in [-0.2, -0.15) is 5.10 Å². The Bertz CT molecular complexity index is 1480. The van der Waals surface area contributed by atoms with Crippen molar-refractivity contribution in [1.82, 2.24) is 19.9 Å². The van der Waals surface area contributed by atoms with Crippen LogP contribution in [0.5, 0.6) is 5.75 Å². The van der Waals surface area contributed by atoms with Crippen molar-refractivity contribution < 1.29 is 9.53 Å². The minimum atomic E-state index is -0.227. The Hall–Kier alpha value is -4.16. The summed E-state index contributed by atoms with van der Waals surface area (Å²) in [4.78, 5) is 18.1. The monoisotopic (exact) mass is 482 g/mol. The second kappa shape index (κ2) is 9.99. The van der Waals surface area contributed by atoms with Gasteiger partial charge in [0.05, 0.1) is 18.5 Å². The second-order valence-corrected chi connectivity index (χ2v) is 8.46. The Morgan fingerprint density at radius 2 is 1.69 bits per heavy atom. The van der Waals surface area contributed by atoms with E-state index in [1.165, 1.54) is 0 Å². The minimum Gasteiger partial charge on any atom is -0.496 e. The van der Waals surface area contributed by atoms with Gasteiger partial charge in [-0.3, -0.25) is 4.79 Å². The summed E-state index contributed by atoms with van der Waals surface area (Å²) in [6.45, 7) is 0.502. The van der Waals surface area contributed by atoms with Gasteiger partial charge in [0.2, 0.25) is 0 Å². The number of rotatable bonds is 7. The van der Waals surface area contributed by atoms with E-state index in [1.807, 2.05) is 84.9 Å². The molecule has 3 aromatic carbocycles. The molecule has 0 unspecified atom stereocenters. The first kappa shape index (κ1) is 22.6. The molecule has 35 heavy (non-hydrogen) atoms. The fourth-order valence-electron chi connectivity index (χ4n) is 3.95. The van der Waals surface area contributed by atoms with Crippen LogP contribution in [0.1, 0.15) is 16.1 Å². The lowest BCUT2D eigenvalue weighted by Crippen LogP contribution is -2.28. The number of hydrogen-bond donors (Lipinski definition) is 1. The lowest BCUT2D eigenvalue weighted by molar-refractivity contribution is 0.0946. The summed E-state index contributed by atoms with van der Waals surface area (Å²) in [7, 11) is 1.62. The number of nitrogens with zero attached hydrogens (tertiary/aromatic N) is 3. The zero-order chi connectivity index (χ0) is 24.2. The molecule has 0 radical (unpaired) electrons. The van der Waals surface area contributed by atoms with Crippen molar-refractivity contribution >= 4 is 23.2 Å². The van der Waals surface area contributed by atoms with Gasteiger partial charge in [-0.15, -0.1) is 0 Å². The second-order valence-electron chi connectivity index (χ2n) is 8.02. The van der Waals surface area contributed by atoms with Gasteiger partial charge >= 0.3 is 0 Å². The Kier molecular flexibility index (Phi) is 6.46. The highest BCUT2D eigenvalue weighted by Gasteiger charge is 2.18. The molecule has 0 aliphatic carbocycles. The third-order valence-corrected chi connectivity index (χ3v) is 5.98. The number of para-hydroxylation sites is 1. The van der Waals surface area contributed by atoms with E-state index < -0.39 is 0 Å². The first-order valence-corrected chi connectivity index (χ1v) is 11.6. The molecular weight excluding hydrogens is 460 g/mol. The van der Waals surface area contributed by atoms with Crippen LogP contribution in [0.4, 0.5) is 0 Å². The van der Waals surface area contributed by atoms with Gasteiger partial charge in [0.25, 0.3) is 5.91 Å². The highest BCUT2D eigenvalue weighted by molar-refractivity contribution is 6.30. The molecule has 2 heterocycles. The highest BCUT2D eigenvalue weighted by Crippen LogP contribution is 2.30. The van der Waals surface area contributed by atoms with Crippen LogP contribution in [0, 0.1) is 0 Å². The van der Waals surface area contributed by atoms with E-state index in [-0.39, 0.29) is 5.91 Å². The molecule has 0 fully saturated rings. The molecule has 2 aromatic heterocycles. The number of aromatic nitrogens is 3. The predicted octanol–water partition coefficient (Wildman–Crippen LogP) is 5.70. The summed E-state index contributed by atoms with van der Waals surface area (Å²) in [5.74, 6) is 0.451. The molecule has 0 aliphatic heterocycles. The van der Waals surface area contributed by atoms with Crippen LogP contribution in [0.2, 0.25) is 5.02 Å². The van der Waals surface area contributed by atoms with Crippen LogP contribution in [0.25, 0.3) is 28.2 Å². The standard InChI is InChI=1S/C28H23ClN4O2/c1-35-26-10-6-5-9-22(26)24-17-25(28(34)30-16-15-19-7-3-2-4-8-19)33-27(31-24)18-23(32-33)20-11-13-21(29)14-12-20/h2-14,17-18H,15-16H2,1H3,(H,30,34). The zero-order valence-electron chi connectivity index (χ0n) is 19.1. The number of halogens is 1. The van der Waals surface area contributed by atoms with Crippen molar-refractivity contribution in [2.24, 2.45) is 0 Å². The minimum absolute atomic E-state index is 0.227. The van der Waals surface area contributed by atoms with Gasteiger partial charge in [-0.1, -0.05) is 66.2 Å². The normalized spacial score (nSPS) is 10.9. The van der Waals surface area contributed by atoms with Crippen molar-refractivity contribution in [2.45, 2.75) is 6.42 Å². The van der Waals surface area contributed by atoms with Crippen molar-refractivity contribution in [3.8, 4) is 28.3 Å². The van der Waals surface area contributed by atoms with Crippen LogP contribution in [-0.2, 0) is 6.42 Å². The summed E-state index contributed by atoms with van der Waals surface area (Å²) in [5, 5.41) is 8.37. The Balaban J connectivity index is 1.55. The van der Waals surface area contributed by atoms with E-state index in [0.29, 0.717) is 40.0 Å². The fourth-order valence-corrected chi connectivity index (χ4v) is 4.07. The SMILES string of the molecule is COc1ccccc1-c1cc(C(=O)NCCc2ccccc2)n2nc(-c3ccc(Cl)cc3)cc2n1. The molecule has 5 rings (SSSR count). The number of fused-ring (bicyclic) bond motifs is 1. The number of ether oxygens (including phenoxy) is 1. The highest BCUT2D eigenvalue weighted by atomic mass is 35.5. The van der Waals surface area contributed by atoms with Gasteiger partial charge < -0.3 is 10.1 Å². The average molecular weight is 483 g/mol. The molecule has 0 saturated heterocycles. The number of benzene rings is 3. The number of hydrogen-bond acceptors (Lipinski definition) is 4. The van der Waals surface area contributed by atoms with Crippen molar-refractivity contribution in [1.29, 1.82) is 0 Å². The van der Waals surface area contributed by atoms with E-state index in [4.69, 9.17) is 26.4 Å². The molecule has 0 atom stereocenters. The van der Waals surface area contributed by atoms with Crippen LogP contribution in [0.3, 0.4) is 0 Å². The molecule has 1 N–H and O–H groups in total. The first-order valence-electron chi connectivity index (χ1n) is 11.2. The smallest absolute Gasteiger partial charge is 0.270 e.